The zero-order valence-corrected chi connectivity index (χ0v) is 17.3. The van der Waals surface area contributed by atoms with Crippen LogP contribution in [0.4, 0.5) is 0 Å². The molecule has 0 bridgehead atoms. The number of esters is 1. The predicted octanol–water partition coefficient (Wildman–Crippen LogP) is 3.83. The highest BCUT2D eigenvalue weighted by Gasteiger charge is 2.36. The van der Waals surface area contributed by atoms with E-state index in [4.69, 9.17) is 4.74 Å². The van der Waals surface area contributed by atoms with Gasteiger partial charge in [-0.3, -0.25) is 4.79 Å². The molecule has 2 aliphatic rings. The van der Waals surface area contributed by atoms with Crippen molar-refractivity contribution < 1.29 is 14.3 Å². The van der Waals surface area contributed by atoms with Gasteiger partial charge in [0, 0.05) is 12.6 Å². The summed E-state index contributed by atoms with van der Waals surface area (Å²) in [5.41, 5.74) is 2.65. The highest BCUT2D eigenvalue weighted by molar-refractivity contribution is 5.93. The van der Waals surface area contributed by atoms with Gasteiger partial charge in [0.1, 0.15) is 5.56 Å². The Balaban J connectivity index is 1.43. The first kappa shape index (κ1) is 19.7. The van der Waals surface area contributed by atoms with Crippen LogP contribution in [-0.2, 0) is 9.53 Å². The lowest BCUT2D eigenvalue weighted by atomic mass is 9.78. The summed E-state index contributed by atoms with van der Waals surface area (Å²) in [6, 6.07) is 10.0. The van der Waals surface area contributed by atoms with Gasteiger partial charge >= 0.3 is 5.97 Å². The summed E-state index contributed by atoms with van der Waals surface area (Å²) in [4.78, 5) is 27.5. The second-order valence-corrected chi connectivity index (χ2v) is 8.21. The Kier molecular flexibility index (Phi) is 5.69. The van der Waals surface area contributed by atoms with E-state index in [0.717, 1.165) is 30.8 Å². The zero-order chi connectivity index (χ0) is 20.4. The molecule has 0 unspecified atom stereocenters. The maximum atomic E-state index is 12.8. The van der Waals surface area contributed by atoms with Crippen LogP contribution < -0.4 is 0 Å². The maximum absolute atomic E-state index is 12.8. The Bertz CT molecular complexity index is 888. The summed E-state index contributed by atoms with van der Waals surface area (Å²) in [5.74, 6) is 0.0687. The van der Waals surface area contributed by atoms with Crippen molar-refractivity contribution in [2.75, 3.05) is 13.2 Å². The first-order valence-electron chi connectivity index (χ1n) is 10.6. The molecular weight excluding hydrogens is 366 g/mol. The van der Waals surface area contributed by atoms with Gasteiger partial charge in [-0.15, -0.1) is 0 Å². The number of carbonyl (C=O) groups excluding carboxylic acids is 2. The fraction of sp³-hybridized carbons (Fsp3) is 0.522. The minimum absolute atomic E-state index is 0.0688. The number of aromatic nitrogens is 2. The molecule has 4 rings (SSSR count). The molecule has 2 aromatic rings. The van der Waals surface area contributed by atoms with Crippen LogP contribution in [-0.4, -0.2) is 45.8 Å². The highest BCUT2D eigenvalue weighted by Crippen LogP contribution is 2.35. The summed E-state index contributed by atoms with van der Waals surface area (Å²) in [6.07, 6.45) is 7.00. The van der Waals surface area contributed by atoms with Crippen LogP contribution in [0.1, 0.15) is 60.3 Å². The smallest absolute Gasteiger partial charge is 0.342 e. The topological polar surface area (TPSA) is 64.4 Å². The number of benzene rings is 1. The highest BCUT2D eigenvalue weighted by atomic mass is 16.5. The molecule has 29 heavy (non-hydrogen) atoms. The molecule has 1 amide bonds. The zero-order valence-electron chi connectivity index (χ0n) is 17.3. The molecule has 1 aromatic carbocycles. The Morgan fingerprint density at radius 1 is 1.07 bits per heavy atom. The van der Waals surface area contributed by atoms with E-state index < -0.39 is 5.97 Å². The van der Waals surface area contributed by atoms with Crippen molar-refractivity contribution in [2.45, 2.75) is 58.4 Å². The number of aryl methyl sites for hydroxylation is 1. The second kappa shape index (κ2) is 8.39. The Labute approximate surface area is 171 Å². The van der Waals surface area contributed by atoms with Crippen LogP contribution in [0.15, 0.2) is 30.3 Å². The van der Waals surface area contributed by atoms with Crippen LogP contribution in [0, 0.1) is 19.8 Å². The number of rotatable bonds is 4. The largest absolute Gasteiger partial charge is 0.452 e. The summed E-state index contributed by atoms with van der Waals surface area (Å²) in [6.45, 7) is 4.23. The standard InChI is InChI=1S/C23H29N3O3/c1-16-22(17(2)26(24-16)19-11-4-3-5-12-19)23(28)29-15-21(27)25-14-8-10-18-9-6-7-13-20(18)25/h3-5,11-12,18,20H,6-10,13-15H2,1-2H3/t18-,20-/m0/s1. The van der Waals surface area contributed by atoms with E-state index in [1.807, 2.05) is 42.2 Å². The third-order valence-electron chi connectivity index (χ3n) is 6.39. The number of hydrogen-bond acceptors (Lipinski definition) is 4. The van der Waals surface area contributed by atoms with Crippen LogP contribution in [0.2, 0.25) is 0 Å². The van der Waals surface area contributed by atoms with Gasteiger partial charge in [0.25, 0.3) is 5.91 Å². The van der Waals surface area contributed by atoms with Gasteiger partial charge in [-0.1, -0.05) is 31.0 Å². The molecule has 2 heterocycles. The lowest BCUT2D eigenvalue weighted by Gasteiger charge is -2.44. The van der Waals surface area contributed by atoms with Gasteiger partial charge in [-0.2, -0.15) is 5.10 Å². The second-order valence-electron chi connectivity index (χ2n) is 8.21. The molecule has 1 aliphatic carbocycles. The van der Waals surface area contributed by atoms with E-state index in [2.05, 4.69) is 5.10 Å². The van der Waals surface area contributed by atoms with Gasteiger partial charge in [-0.25, -0.2) is 9.48 Å². The molecule has 1 saturated heterocycles. The number of nitrogens with zero attached hydrogens (tertiary/aromatic N) is 3. The number of hydrogen-bond donors (Lipinski definition) is 0. The molecule has 6 nitrogen and oxygen atoms in total. The molecule has 6 heteroatoms. The third kappa shape index (κ3) is 3.93. The fourth-order valence-electron chi connectivity index (χ4n) is 4.98. The number of ether oxygens (including phenoxy) is 1. The van der Waals surface area contributed by atoms with E-state index in [0.29, 0.717) is 23.2 Å². The number of para-hydroxylation sites is 1. The lowest BCUT2D eigenvalue weighted by Crippen LogP contribution is -2.50. The van der Waals surface area contributed by atoms with Crippen molar-refractivity contribution >= 4 is 11.9 Å². The van der Waals surface area contributed by atoms with Gasteiger partial charge in [0.2, 0.25) is 0 Å². The Hall–Kier alpha value is -2.63. The minimum atomic E-state index is -0.479. The third-order valence-corrected chi connectivity index (χ3v) is 6.39. The number of amides is 1. The minimum Gasteiger partial charge on any atom is -0.452 e. The molecule has 2 fully saturated rings. The van der Waals surface area contributed by atoms with Gasteiger partial charge < -0.3 is 9.64 Å². The quantitative estimate of drug-likeness (QED) is 0.738. The van der Waals surface area contributed by atoms with E-state index in [9.17, 15) is 9.59 Å². The summed E-state index contributed by atoms with van der Waals surface area (Å²) >= 11 is 0. The molecule has 1 saturated carbocycles. The Morgan fingerprint density at radius 2 is 1.79 bits per heavy atom. The van der Waals surface area contributed by atoms with E-state index >= 15 is 0 Å². The first-order valence-corrected chi connectivity index (χ1v) is 10.6. The molecule has 154 valence electrons. The molecular formula is C23H29N3O3. The van der Waals surface area contributed by atoms with Crippen LogP contribution in [0.25, 0.3) is 5.69 Å². The van der Waals surface area contributed by atoms with E-state index in [1.54, 1.807) is 11.6 Å². The predicted molar refractivity (Wildman–Crippen MR) is 110 cm³/mol. The average molecular weight is 396 g/mol. The molecule has 0 N–H and O–H groups in total. The van der Waals surface area contributed by atoms with Crippen molar-refractivity contribution in [3.8, 4) is 5.69 Å². The summed E-state index contributed by atoms with van der Waals surface area (Å²) < 4.78 is 7.19. The van der Waals surface area contributed by atoms with Crippen molar-refractivity contribution in [3.63, 3.8) is 0 Å². The van der Waals surface area contributed by atoms with Gasteiger partial charge in [-0.05, 0) is 57.6 Å². The average Bonchev–Trinajstić information content (AvgIpc) is 3.06. The SMILES string of the molecule is Cc1nn(-c2ccccc2)c(C)c1C(=O)OCC(=O)N1CCC[C@@H]2CCCC[C@@H]21. The summed E-state index contributed by atoms with van der Waals surface area (Å²) in [7, 11) is 0. The fourth-order valence-corrected chi connectivity index (χ4v) is 4.98. The van der Waals surface area contributed by atoms with Crippen LogP contribution in [0.3, 0.4) is 0 Å². The normalized spacial score (nSPS) is 21.5. The van der Waals surface area contributed by atoms with Crippen molar-refractivity contribution in [1.82, 2.24) is 14.7 Å². The van der Waals surface area contributed by atoms with Crippen molar-refractivity contribution in [2.24, 2.45) is 5.92 Å². The molecule has 2 atom stereocenters. The molecule has 0 spiro atoms. The lowest BCUT2D eigenvalue weighted by molar-refractivity contribution is -0.140. The van der Waals surface area contributed by atoms with Gasteiger partial charge in [0.15, 0.2) is 6.61 Å². The first-order chi connectivity index (χ1) is 14.1. The summed E-state index contributed by atoms with van der Waals surface area (Å²) in [5, 5.41) is 4.49. The van der Waals surface area contributed by atoms with Crippen LogP contribution in [0.5, 0.6) is 0 Å². The van der Waals surface area contributed by atoms with Crippen molar-refractivity contribution in [3.05, 3.63) is 47.3 Å². The number of piperidine rings is 1. The Morgan fingerprint density at radius 3 is 2.59 bits per heavy atom. The van der Waals surface area contributed by atoms with Crippen molar-refractivity contribution in [1.29, 1.82) is 0 Å². The van der Waals surface area contributed by atoms with E-state index in [-0.39, 0.29) is 12.5 Å². The molecule has 0 radical (unpaired) electrons. The van der Waals surface area contributed by atoms with Crippen LogP contribution >= 0.6 is 0 Å². The number of carbonyl (C=O) groups is 2. The monoisotopic (exact) mass is 395 g/mol. The molecule has 1 aliphatic heterocycles. The number of likely N-dealkylation sites (tertiary alicyclic amines) is 1. The van der Waals surface area contributed by atoms with Gasteiger partial charge in [0.05, 0.1) is 17.1 Å². The molecule has 1 aromatic heterocycles. The van der Waals surface area contributed by atoms with E-state index in [1.165, 1.54) is 25.7 Å². The maximum Gasteiger partial charge on any atom is 0.342 e. The number of fused-ring (bicyclic) bond motifs is 1.